The molecule has 2 aromatic rings. The Kier molecular flexibility index (Phi) is 3.08. The van der Waals surface area contributed by atoms with E-state index in [0.29, 0.717) is 17.9 Å². The number of hydrogen-bond acceptors (Lipinski definition) is 4. The van der Waals surface area contributed by atoms with E-state index in [2.05, 4.69) is 36.8 Å². The molecule has 6 nitrogen and oxygen atoms in total. The Morgan fingerprint density at radius 2 is 2.09 bits per heavy atom. The topological polar surface area (TPSA) is 62.6 Å². The van der Waals surface area contributed by atoms with Gasteiger partial charge in [-0.1, -0.05) is 6.92 Å². The maximum absolute atomic E-state index is 4.58. The fourth-order valence-corrected chi connectivity index (χ4v) is 3.93. The Bertz CT molecular complexity index is 708. The molecule has 0 aromatic carbocycles. The van der Waals surface area contributed by atoms with Crippen LogP contribution in [0.3, 0.4) is 0 Å². The van der Waals surface area contributed by atoms with Gasteiger partial charge in [0, 0.05) is 36.3 Å². The first-order valence-corrected chi connectivity index (χ1v) is 8.95. The Morgan fingerprint density at radius 3 is 2.87 bits per heavy atom. The Balaban J connectivity index is 1.41. The average Bonchev–Trinajstić information content (AvgIpc) is 3.44. The smallest absolute Gasteiger partial charge is 0.147 e. The van der Waals surface area contributed by atoms with Gasteiger partial charge in [0.15, 0.2) is 0 Å². The first kappa shape index (κ1) is 13.7. The van der Waals surface area contributed by atoms with Crippen molar-refractivity contribution >= 4 is 0 Å². The highest BCUT2D eigenvalue weighted by atomic mass is 15.3. The molecule has 0 bridgehead atoms. The SMILES string of the molecule is CC1Cc2[nH]ncc2CN(Cc2nnc(C3CC3)n2C2CC2)C1. The van der Waals surface area contributed by atoms with Crippen molar-refractivity contribution in [2.45, 2.75) is 64.1 Å². The fourth-order valence-electron chi connectivity index (χ4n) is 3.93. The average molecular weight is 312 g/mol. The standard InChI is InChI=1S/C17H24N6/c1-11-6-15-13(7-18-19-15)9-22(8-11)10-16-20-21-17(12-2-3-12)23(16)14-4-5-14/h7,11-12,14H,2-6,8-10H2,1H3,(H,18,19). The summed E-state index contributed by atoms with van der Waals surface area (Å²) in [5.41, 5.74) is 2.65. The molecule has 2 aromatic heterocycles. The molecule has 0 spiro atoms. The zero-order valence-corrected chi connectivity index (χ0v) is 13.7. The zero-order chi connectivity index (χ0) is 15.4. The molecule has 0 amide bonds. The van der Waals surface area contributed by atoms with Gasteiger partial charge in [-0.2, -0.15) is 5.10 Å². The minimum atomic E-state index is 0.636. The van der Waals surface area contributed by atoms with Crippen molar-refractivity contribution in [2.75, 3.05) is 6.54 Å². The fraction of sp³-hybridized carbons (Fsp3) is 0.706. The third-order valence-corrected chi connectivity index (χ3v) is 5.34. The van der Waals surface area contributed by atoms with Gasteiger partial charge in [-0.05, 0) is 38.0 Å². The van der Waals surface area contributed by atoms with Crippen molar-refractivity contribution in [1.82, 2.24) is 29.9 Å². The summed E-state index contributed by atoms with van der Waals surface area (Å²) in [6.45, 7) is 5.31. The summed E-state index contributed by atoms with van der Waals surface area (Å²) >= 11 is 0. The number of nitrogens with zero attached hydrogens (tertiary/aromatic N) is 5. The lowest BCUT2D eigenvalue weighted by atomic mass is 10.1. The van der Waals surface area contributed by atoms with Gasteiger partial charge in [0.05, 0.1) is 12.7 Å². The number of rotatable bonds is 4. The minimum Gasteiger partial charge on any atom is -0.311 e. The van der Waals surface area contributed by atoms with Crippen LogP contribution in [0, 0.1) is 5.92 Å². The Morgan fingerprint density at radius 1 is 1.22 bits per heavy atom. The van der Waals surface area contributed by atoms with Crippen molar-refractivity contribution in [3.05, 3.63) is 29.1 Å². The summed E-state index contributed by atoms with van der Waals surface area (Å²) in [5, 5.41) is 16.5. The van der Waals surface area contributed by atoms with Gasteiger partial charge in [-0.15, -0.1) is 10.2 Å². The molecule has 2 saturated carbocycles. The summed E-state index contributed by atoms with van der Waals surface area (Å²) in [7, 11) is 0. The second kappa shape index (κ2) is 5.16. The summed E-state index contributed by atoms with van der Waals surface area (Å²) in [5.74, 6) is 3.75. The van der Waals surface area contributed by atoms with Crippen molar-refractivity contribution in [3.8, 4) is 0 Å². The first-order valence-electron chi connectivity index (χ1n) is 8.95. The molecular formula is C17H24N6. The molecule has 1 atom stereocenters. The lowest BCUT2D eigenvalue weighted by Crippen LogP contribution is -2.28. The Hall–Kier alpha value is -1.69. The first-order chi connectivity index (χ1) is 11.3. The number of aromatic nitrogens is 5. The molecule has 23 heavy (non-hydrogen) atoms. The van der Waals surface area contributed by atoms with Gasteiger partial charge in [0.2, 0.25) is 0 Å². The molecule has 2 fully saturated rings. The van der Waals surface area contributed by atoms with E-state index in [1.165, 1.54) is 48.6 Å². The van der Waals surface area contributed by atoms with Crippen LogP contribution in [0.25, 0.3) is 0 Å². The monoisotopic (exact) mass is 312 g/mol. The van der Waals surface area contributed by atoms with Crippen molar-refractivity contribution in [1.29, 1.82) is 0 Å². The molecule has 2 aliphatic carbocycles. The van der Waals surface area contributed by atoms with E-state index in [0.717, 1.165) is 26.1 Å². The van der Waals surface area contributed by atoms with Crippen LogP contribution in [0.4, 0.5) is 0 Å². The quantitative estimate of drug-likeness (QED) is 0.941. The highest BCUT2D eigenvalue weighted by Gasteiger charge is 2.36. The molecule has 0 radical (unpaired) electrons. The number of nitrogens with one attached hydrogen (secondary N) is 1. The van der Waals surface area contributed by atoms with Crippen LogP contribution >= 0.6 is 0 Å². The minimum absolute atomic E-state index is 0.636. The molecule has 3 heterocycles. The highest BCUT2D eigenvalue weighted by molar-refractivity contribution is 5.19. The van der Waals surface area contributed by atoms with Crippen LogP contribution in [0.1, 0.15) is 67.5 Å². The lowest BCUT2D eigenvalue weighted by Gasteiger charge is -2.22. The van der Waals surface area contributed by atoms with Crippen molar-refractivity contribution in [3.63, 3.8) is 0 Å². The molecule has 0 saturated heterocycles. The van der Waals surface area contributed by atoms with E-state index < -0.39 is 0 Å². The van der Waals surface area contributed by atoms with Crippen LogP contribution < -0.4 is 0 Å². The van der Waals surface area contributed by atoms with E-state index >= 15 is 0 Å². The second-order valence-corrected chi connectivity index (χ2v) is 7.70. The summed E-state index contributed by atoms with van der Waals surface area (Å²) in [4.78, 5) is 2.52. The molecule has 122 valence electrons. The number of aromatic amines is 1. The summed E-state index contributed by atoms with van der Waals surface area (Å²) < 4.78 is 2.48. The molecule has 1 unspecified atom stereocenters. The largest absolute Gasteiger partial charge is 0.311 e. The molecule has 1 N–H and O–H groups in total. The van der Waals surface area contributed by atoms with E-state index in [9.17, 15) is 0 Å². The van der Waals surface area contributed by atoms with Crippen molar-refractivity contribution in [2.24, 2.45) is 5.92 Å². The van der Waals surface area contributed by atoms with Crippen LogP contribution in [0.5, 0.6) is 0 Å². The number of hydrogen-bond donors (Lipinski definition) is 1. The van der Waals surface area contributed by atoms with Gasteiger partial charge in [-0.25, -0.2) is 0 Å². The molecule has 1 aliphatic heterocycles. The second-order valence-electron chi connectivity index (χ2n) is 7.70. The third-order valence-electron chi connectivity index (χ3n) is 5.34. The molecule has 3 aliphatic rings. The van der Waals surface area contributed by atoms with Crippen LogP contribution in [-0.2, 0) is 19.5 Å². The maximum Gasteiger partial charge on any atom is 0.147 e. The predicted octanol–water partition coefficient (Wildman–Crippen LogP) is 2.41. The van der Waals surface area contributed by atoms with Gasteiger partial charge in [0.25, 0.3) is 0 Å². The molecule has 5 rings (SSSR count). The molecule has 6 heteroatoms. The third kappa shape index (κ3) is 2.59. The van der Waals surface area contributed by atoms with Crippen LogP contribution in [-0.4, -0.2) is 36.4 Å². The Labute approximate surface area is 136 Å². The van der Waals surface area contributed by atoms with Gasteiger partial charge in [-0.3, -0.25) is 10.00 Å². The van der Waals surface area contributed by atoms with E-state index in [1.807, 2.05) is 6.20 Å². The normalized spacial score (nSPS) is 25.3. The molecular weight excluding hydrogens is 288 g/mol. The van der Waals surface area contributed by atoms with Crippen LogP contribution in [0.2, 0.25) is 0 Å². The van der Waals surface area contributed by atoms with Gasteiger partial charge in [0.1, 0.15) is 11.6 Å². The van der Waals surface area contributed by atoms with E-state index in [4.69, 9.17) is 0 Å². The maximum atomic E-state index is 4.58. The number of H-pyrrole nitrogens is 1. The number of fused-ring (bicyclic) bond motifs is 1. The highest BCUT2D eigenvalue weighted by Crippen LogP contribution is 2.44. The van der Waals surface area contributed by atoms with Crippen LogP contribution in [0.15, 0.2) is 6.20 Å². The van der Waals surface area contributed by atoms with Crippen molar-refractivity contribution < 1.29 is 0 Å². The lowest BCUT2D eigenvalue weighted by molar-refractivity contribution is 0.221. The summed E-state index contributed by atoms with van der Waals surface area (Å²) in [6.07, 6.45) is 8.27. The summed E-state index contributed by atoms with van der Waals surface area (Å²) in [6, 6.07) is 0.671. The van der Waals surface area contributed by atoms with Gasteiger partial charge >= 0.3 is 0 Å². The van der Waals surface area contributed by atoms with E-state index in [-0.39, 0.29) is 0 Å². The predicted molar refractivity (Wildman–Crippen MR) is 85.8 cm³/mol. The van der Waals surface area contributed by atoms with E-state index in [1.54, 1.807) is 0 Å². The van der Waals surface area contributed by atoms with Gasteiger partial charge < -0.3 is 4.57 Å². The zero-order valence-electron chi connectivity index (χ0n) is 13.7.